The van der Waals surface area contributed by atoms with Crippen LogP contribution in [-0.4, -0.2) is 41.3 Å². The summed E-state index contributed by atoms with van der Waals surface area (Å²) in [5, 5.41) is 10.3. The fourth-order valence-corrected chi connectivity index (χ4v) is 4.79. The number of hydrogen-bond acceptors (Lipinski definition) is 6. The maximum Gasteiger partial charge on any atom is 0.283 e. The molecule has 0 saturated carbocycles. The molecule has 0 spiro atoms. The molecule has 0 radical (unpaired) electrons. The summed E-state index contributed by atoms with van der Waals surface area (Å²) < 4.78 is 17.7. The second-order valence-electron chi connectivity index (χ2n) is 8.62. The number of piperidine rings is 1. The molecule has 3 heterocycles. The van der Waals surface area contributed by atoms with Crippen LogP contribution < -0.4 is 4.74 Å². The molecule has 2 aromatic carbocycles. The van der Waals surface area contributed by atoms with Crippen molar-refractivity contribution >= 4 is 46.6 Å². The molecule has 6 nitrogen and oxygen atoms in total. The Kier molecular flexibility index (Phi) is 8.60. The third-order valence-corrected chi connectivity index (χ3v) is 7.12. The topological polar surface area (TPSA) is 64.5 Å². The van der Waals surface area contributed by atoms with Gasteiger partial charge in [-0.15, -0.1) is 22.6 Å². The van der Waals surface area contributed by atoms with Gasteiger partial charge in [0.05, 0.1) is 22.0 Å². The van der Waals surface area contributed by atoms with E-state index in [4.69, 9.17) is 36.8 Å². The average molecular weight is 537 g/mol. The number of rotatable bonds is 8. The fraction of sp³-hybridized carbons (Fsp3) is 0.385. The highest BCUT2D eigenvalue weighted by molar-refractivity contribution is 6.42. The third kappa shape index (κ3) is 5.95. The summed E-state index contributed by atoms with van der Waals surface area (Å²) in [6.45, 7) is 5.79. The van der Waals surface area contributed by atoms with Gasteiger partial charge in [-0.1, -0.05) is 42.3 Å². The lowest BCUT2D eigenvalue weighted by molar-refractivity contribution is 0.193. The first-order chi connectivity index (χ1) is 16.6. The Morgan fingerprint density at radius 2 is 1.86 bits per heavy atom. The molecular weight excluding hydrogens is 509 g/mol. The zero-order valence-corrected chi connectivity index (χ0v) is 21.8. The molecular formula is C26H28Cl3N3O3. The van der Waals surface area contributed by atoms with E-state index < -0.39 is 0 Å². The van der Waals surface area contributed by atoms with Gasteiger partial charge in [0.25, 0.3) is 5.89 Å². The number of likely N-dealkylation sites (tertiary alicyclic amines) is 1. The minimum atomic E-state index is 0. The van der Waals surface area contributed by atoms with E-state index in [9.17, 15) is 0 Å². The van der Waals surface area contributed by atoms with Crippen LogP contribution in [0.4, 0.5) is 0 Å². The van der Waals surface area contributed by atoms with E-state index in [1.165, 1.54) is 5.56 Å². The predicted octanol–water partition coefficient (Wildman–Crippen LogP) is 7.42. The van der Waals surface area contributed by atoms with Crippen LogP contribution >= 0.6 is 35.6 Å². The summed E-state index contributed by atoms with van der Waals surface area (Å²) in [5.41, 5.74) is 2.03. The molecule has 0 atom stereocenters. The molecule has 186 valence electrons. The fourth-order valence-electron chi connectivity index (χ4n) is 4.49. The normalized spacial score (nSPS) is 14.8. The standard InChI is InChI=1S/C26H27Cl2N3O3.ClH/c1-2-25-29-30-26(34-25)24-16-19-22(5-3-6-23(19)33-24)32-14-4-11-31-12-9-17(10-13-31)18-7-8-20(27)21(28)15-18;/h3,5-8,15-17H,2,4,9-14H2,1H3;1H. The molecule has 1 aliphatic heterocycles. The molecule has 0 bridgehead atoms. The van der Waals surface area contributed by atoms with Gasteiger partial charge in [-0.2, -0.15) is 0 Å². The Morgan fingerprint density at radius 1 is 1.03 bits per heavy atom. The van der Waals surface area contributed by atoms with Crippen LogP contribution in [0.1, 0.15) is 43.6 Å². The van der Waals surface area contributed by atoms with Gasteiger partial charge in [0, 0.05) is 19.0 Å². The van der Waals surface area contributed by atoms with Crippen LogP contribution in [0.25, 0.3) is 22.6 Å². The molecule has 1 saturated heterocycles. The van der Waals surface area contributed by atoms with E-state index in [1.54, 1.807) is 0 Å². The van der Waals surface area contributed by atoms with E-state index in [-0.39, 0.29) is 12.4 Å². The number of hydrogen-bond donors (Lipinski definition) is 0. The van der Waals surface area contributed by atoms with Crippen molar-refractivity contribution in [3.63, 3.8) is 0 Å². The van der Waals surface area contributed by atoms with Crippen LogP contribution in [-0.2, 0) is 6.42 Å². The van der Waals surface area contributed by atoms with Gasteiger partial charge in [-0.25, -0.2) is 0 Å². The first-order valence-electron chi connectivity index (χ1n) is 11.8. The number of aromatic nitrogens is 2. The third-order valence-electron chi connectivity index (χ3n) is 6.38. The number of halogens is 3. The molecule has 0 aliphatic carbocycles. The van der Waals surface area contributed by atoms with Crippen molar-refractivity contribution in [3.05, 3.63) is 64.0 Å². The van der Waals surface area contributed by atoms with Crippen molar-refractivity contribution in [1.29, 1.82) is 0 Å². The van der Waals surface area contributed by atoms with Crippen LogP contribution in [0.15, 0.2) is 51.3 Å². The number of furan rings is 1. The highest BCUT2D eigenvalue weighted by Crippen LogP contribution is 2.34. The Morgan fingerprint density at radius 3 is 2.60 bits per heavy atom. The summed E-state index contributed by atoms with van der Waals surface area (Å²) in [6.07, 6.45) is 3.91. The van der Waals surface area contributed by atoms with Crippen LogP contribution in [0.2, 0.25) is 10.0 Å². The summed E-state index contributed by atoms with van der Waals surface area (Å²) in [4.78, 5) is 2.51. The quantitative estimate of drug-likeness (QED) is 0.218. The molecule has 0 unspecified atom stereocenters. The molecule has 1 aliphatic rings. The maximum absolute atomic E-state index is 6.20. The summed E-state index contributed by atoms with van der Waals surface area (Å²) in [7, 11) is 0. The molecule has 4 aromatic rings. The minimum Gasteiger partial charge on any atom is -0.493 e. The lowest BCUT2D eigenvalue weighted by Gasteiger charge is -2.32. The van der Waals surface area contributed by atoms with Crippen molar-refractivity contribution in [2.24, 2.45) is 0 Å². The van der Waals surface area contributed by atoms with Gasteiger partial charge in [-0.05, 0) is 68.1 Å². The minimum absolute atomic E-state index is 0. The second kappa shape index (κ2) is 11.7. The van der Waals surface area contributed by atoms with Crippen molar-refractivity contribution in [1.82, 2.24) is 15.1 Å². The monoisotopic (exact) mass is 535 g/mol. The Labute approximate surface area is 221 Å². The maximum atomic E-state index is 6.20. The number of benzene rings is 2. The van der Waals surface area contributed by atoms with E-state index in [0.717, 1.165) is 55.6 Å². The van der Waals surface area contributed by atoms with Crippen molar-refractivity contribution < 1.29 is 13.6 Å². The molecule has 5 rings (SSSR count). The highest BCUT2D eigenvalue weighted by Gasteiger charge is 2.21. The number of ether oxygens (including phenoxy) is 1. The lowest BCUT2D eigenvalue weighted by atomic mass is 9.89. The van der Waals surface area contributed by atoms with Crippen molar-refractivity contribution in [3.8, 4) is 17.4 Å². The van der Waals surface area contributed by atoms with E-state index in [1.807, 2.05) is 43.3 Å². The summed E-state index contributed by atoms with van der Waals surface area (Å²) in [5.74, 6) is 2.89. The van der Waals surface area contributed by atoms with Gasteiger partial charge < -0.3 is 18.5 Å². The number of aryl methyl sites for hydroxylation is 1. The Balaban J connectivity index is 0.00000289. The van der Waals surface area contributed by atoms with Crippen LogP contribution in [0, 0.1) is 0 Å². The van der Waals surface area contributed by atoms with Gasteiger partial charge in [0.1, 0.15) is 11.3 Å². The van der Waals surface area contributed by atoms with Crippen molar-refractivity contribution in [2.45, 2.75) is 38.5 Å². The van der Waals surface area contributed by atoms with E-state index >= 15 is 0 Å². The van der Waals surface area contributed by atoms with Gasteiger partial charge in [0.15, 0.2) is 5.76 Å². The molecule has 9 heteroatoms. The van der Waals surface area contributed by atoms with Crippen molar-refractivity contribution in [2.75, 3.05) is 26.2 Å². The smallest absolute Gasteiger partial charge is 0.283 e. The first-order valence-corrected chi connectivity index (χ1v) is 12.5. The van der Waals surface area contributed by atoms with Crippen LogP contribution in [0.3, 0.4) is 0 Å². The van der Waals surface area contributed by atoms with Gasteiger partial charge in [0.2, 0.25) is 5.89 Å². The second-order valence-corrected chi connectivity index (χ2v) is 9.44. The highest BCUT2D eigenvalue weighted by atomic mass is 35.5. The number of nitrogens with zero attached hydrogens (tertiary/aromatic N) is 3. The van der Waals surface area contributed by atoms with Gasteiger partial charge in [-0.3, -0.25) is 0 Å². The lowest BCUT2D eigenvalue weighted by Crippen LogP contribution is -2.34. The Hall–Kier alpha value is -2.25. The first kappa shape index (κ1) is 25.8. The molecule has 0 amide bonds. The van der Waals surface area contributed by atoms with Gasteiger partial charge >= 0.3 is 0 Å². The zero-order chi connectivity index (χ0) is 23.5. The van der Waals surface area contributed by atoms with E-state index in [0.29, 0.717) is 46.5 Å². The molecule has 2 aromatic heterocycles. The Bertz CT molecular complexity index is 1270. The largest absolute Gasteiger partial charge is 0.493 e. The summed E-state index contributed by atoms with van der Waals surface area (Å²) >= 11 is 12.3. The average Bonchev–Trinajstić information content (AvgIpc) is 3.51. The SMILES string of the molecule is CCc1nnc(-c2cc3c(OCCCN4CCC(c5ccc(Cl)c(Cl)c5)CC4)cccc3o2)o1.Cl. The van der Waals surface area contributed by atoms with E-state index in [2.05, 4.69) is 21.2 Å². The molecule has 35 heavy (non-hydrogen) atoms. The predicted molar refractivity (Wildman–Crippen MR) is 141 cm³/mol. The summed E-state index contributed by atoms with van der Waals surface area (Å²) in [6, 6.07) is 13.7. The molecule has 0 N–H and O–H groups in total. The number of fused-ring (bicyclic) bond motifs is 1. The zero-order valence-electron chi connectivity index (χ0n) is 19.5. The molecule has 1 fully saturated rings. The van der Waals surface area contributed by atoms with Crippen LogP contribution in [0.5, 0.6) is 5.75 Å².